The van der Waals surface area contributed by atoms with Crippen LogP contribution in [0.2, 0.25) is 0 Å². The first-order valence-corrected chi connectivity index (χ1v) is 8.17. The Morgan fingerprint density at radius 2 is 1.95 bits per heavy atom. The van der Waals surface area contributed by atoms with E-state index < -0.39 is 6.04 Å². The summed E-state index contributed by atoms with van der Waals surface area (Å²) in [5, 5.41) is 2.90. The third kappa shape index (κ3) is 9.54. The van der Waals surface area contributed by atoms with Crippen LogP contribution in [0, 0.1) is 0 Å². The Kier molecular flexibility index (Phi) is 14.1. The standard InChI is InChI=1S/C15H25N3OS.2ClH/c1-18(2)11-13-6-4-5-12(9-13)10-17-15(19)14(16)7-8-20-3;;/h4-6,9,14H,7-8,10-11,16H2,1-3H3,(H,17,19);2*1H/t14-;;/m0../s1. The molecule has 4 nitrogen and oxygen atoms in total. The first kappa shape index (κ1) is 23.8. The van der Waals surface area contributed by atoms with E-state index in [1.54, 1.807) is 11.8 Å². The summed E-state index contributed by atoms with van der Waals surface area (Å²) in [5.74, 6) is 0.837. The van der Waals surface area contributed by atoms with Crippen molar-refractivity contribution in [3.63, 3.8) is 0 Å². The van der Waals surface area contributed by atoms with Crippen molar-refractivity contribution >= 4 is 42.5 Å². The fraction of sp³-hybridized carbons (Fsp3) is 0.533. The van der Waals surface area contributed by atoms with E-state index in [9.17, 15) is 4.79 Å². The molecule has 22 heavy (non-hydrogen) atoms. The van der Waals surface area contributed by atoms with Crippen LogP contribution in [0.3, 0.4) is 0 Å². The van der Waals surface area contributed by atoms with Gasteiger partial charge in [-0.15, -0.1) is 24.8 Å². The highest BCUT2D eigenvalue weighted by Gasteiger charge is 2.12. The van der Waals surface area contributed by atoms with Crippen LogP contribution in [0.15, 0.2) is 24.3 Å². The summed E-state index contributed by atoms with van der Waals surface area (Å²) >= 11 is 1.70. The number of rotatable bonds is 8. The third-order valence-electron chi connectivity index (χ3n) is 2.93. The molecular weight excluding hydrogens is 341 g/mol. The molecular formula is C15H27Cl2N3OS. The lowest BCUT2D eigenvalue weighted by Crippen LogP contribution is -2.40. The van der Waals surface area contributed by atoms with Crippen LogP contribution in [0.25, 0.3) is 0 Å². The lowest BCUT2D eigenvalue weighted by atomic mass is 10.1. The molecule has 0 spiro atoms. The molecule has 0 unspecified atom stereocenters. The van der Waals surface area contributed by atoms with Gasteiger partial charge in [0.1, 0.15) is 0 Å². The van der Waals surface area contributed by atoms with E-state index in [2.05, 4.69) is 22.3 Å². The van der Waals surface area contributed by atoms with Crippen LogP contribution in [0.1, 0.15) is 17.5 Å². The SMILES string of the molecule is CSCC[C@H](N)C(=O)NCc1cccc(CN(C)C)c1.Cl.Cl. The second-order valence-corrected chi connectivity index (χ2v) is 6.15. The number of nitrogens with one attached hydrogen (secondary N) is 1. The van der Waals surface area contributed by atoms with Gasteiger partial charge in [-0.1, -0.05) is 24.3 Å². The molecule has 0 aromatic heterocycles. The third-order valence-corrected chi connectivity index (χ3v) is 3.57. The van der Waals surface area contributed by atoms with Crippen LogP contribution in [0.4, 0.5) is 0 Å². The van der Waals surface area contributed by atoms with Crippen LogP contribution < -0.4 is 11.1 Å². The van der Waals surface area contributed by atoms with E-state index in [1.165, 1.54) is 5.56 Å². The minimum Gasteiger partial charge on any atom is -0.351 e. The number of carbonyl (C=O) groups excluding carboxylic acids is 1. The van der Waals surface area contributed by atoms with E-state index in [1.807, 2.05) is 32.5 Å². The summed E-state index contributed by atoms with van der Waals surface area (Å²) in [5.41, 5.74) is 8.18. The molecule has 0 fully saturated rings. The second-order valence-electron chi connectivity index (χ2n) is 5.16. The number of nitrogens with two attached hydrogens (primary N) is 1. The monoisotopic (exact) mass is 367 g/mol. The quantitative estimate of drug-likeness (QED) is 0.739. The molecule has 0 aliphatic carbocycles. The van der Waals surface area contributed by atoms with Crippen LogP contribution in [-0.2, 0) is 17.9 Å². The first-order chi connectivity index (χ1) is 9.52. The molecule has 0 aliphatic rings. The first-order valence-electron chi connectivity index (χ1n) is 6.77. The summed E-state index contributed by atoms with van der Waals surface area (Å²) in [6, 6.07) is 7.84. The Hall–Kier alpha value is -0.460. The van der Waals surface area contributed by atoms with Crippen molar-refractivity contribution in [1.29, 1.82) is 0 Å². The fourth-order valence-corrected chi connectivity index (χ4v) is 2.39. The van der Waals surface area contributed by atoms with Gasteiger partial charge in [0.15, 0.2) is 0 Å². The number of hydrogen-bond donors (Lipinski definition) is 2. The highest BCUT2D eigenvalue weighted by Crippen LogP contribution is 2.07. The predicted molar refractivity (Wildman–Crippen MR) is 101 cm³/mol. The highest BCUT2D eigenvalue weighted by molar-refractivity contribution is 7.98. The summed E-state index contributed by atoms with van der Waals surface area (Å²) in [7, 11) is 4.08. The van der Waals surface area contributed by atoms with E-state index in [4.69, 9.17) is 5.73 Å². The molecule has 1 rings (SSSR count). The second kappa shape index (κ2) is 13.0. The maximum absolute atomic E-state index is 11.8. The van der Waals surface area contributed by atoms with Gasteiger partial charge >= 0.3 is 0 Å². The molecule has 1 aromatic carbocycles. The Balaban J connectivity index is 0. The maximum atomic E-state index is 11.8. The molecule has 128 valence electrons. The van der Waals surface area contributed by atoms with Crippen LogP contribution in [0.5, 0.6) is 0 Å². The molecule has 0 aliphatic heterocycles. The van der Waals surface area contributed by atoms with Gasteiger partial charge in [0.25, 0.3) is 0 Å². The average molecular weight is 368 g/mol. The Morgan fingerprint density at radius 1 is 1.32 bits per heavy atom. The number of halogens is 2. The molecule has 1 amide bonds. The van der Waals surface area contributed by atoms with Crippen molar-refractivity contribution in [2.75, 3.05) is 26.1 Å². The summed E-state index contributed by atoms with van der Waals surface area (Å²) in [4.78, 5) is 14.0. The van der Waals surface area contributed by atoms with Gasteiger partial charge in [-0.3, -0.25) is 4.79 Å². The van der Waals surface area contributed by atoms with Crippen molar-refractivity contribution in [2.24, 2.45) is 5.73 Å². The minimum atomic E-state index is -0.410. The predicted octanol–water partition coefficient (Wildman–Crippen LogP) is 2.29. The zero-order valence-electron chi connectivity index (χ0n) is 13.4. The number of benzene rings is 1. The largest absolute Gasteiger partial charge is 0.351 e. The Bertz CT molecular complexity index is 433. The number of amides is 1. The van der Waals surface area contributed by atoms with Crippen molar-refractivity contribution in [3.8, 4) is 0 Å². The molecule has 7 heteroatoms. The van der Waals surface area contributed by atoms with Gasteiger partial charge in [-0.05, 0) is 43.7 Å². The molecule has 1 atom stereocenters. The number of carbonyl (C=O) groups is 1. The van der Waals surface area contributed by atoms with E-state index in [0.717, 1.165) is 17.9 Å². The van der Waals surface area contributed by atoms with Crippen LogP contribution >= 0.6 is 36.6 Å². The topological polar surface area (TPSA) is 58.4 Å². The Labute approximate surface area is 150 Å². The van der Waals surface area contributed by atoms with Crippen molar-refractivity contribution < 1.29 is 4.79 Å². The molecule has 0 radical (unpaired) electrons. The molecule has 3 N–H and O–H groups in total. The molecule has 0 saturated heterocycles. The maximum Gasteiger partial charge on any atom is 0.237 e. The van der Waals surface area contributed by atoms with E-state index in [0.29, 0.717) is 13.0 Å². The van der Waals surface area contributed by atoms with Crippen LogP contribution in [-0.4, -0.2) is 43.0 Å². The zero-order chi connectivity index (χ0) is 15.0. The van der Waals surface area contributed by atoms with Gasteiger partial charge in [-0.2, -0.15) is 11.8 Å². The summed E-state index contributed by atoms with van der Waals surface area (Å²) in [6.07, 6.45) is 2.73. The van der Waals surface area contributed by atoms with E-state index in [-0.39, 0.29) is 30.7 Å². The fourth-order valence-electron chi connectivity index (χ4n) is 1.90. The number of nitrogens with zero attached hydrogens (tertiary/aromatic N) is 1. The number of thioether (sulfide) groups is 1. The summed E-state index contributed by atoms with van der Waals surface area (Å²) in [6.45, 7) is 1.43. The summed E-state index contributed by atoms with van der Waals surface area (Å²) < 4.78 is 0. The Morgan fingerprint density at radius 3 is 2.55 bits per heavy atom. The molecule has 0 bridgehead atoms. The van der Waals surface area contributed by atoms with E-state index >= 15 is 0 Å². The molecule has 1 aromatic rings. The van der Waals surface area contributed by atoms with Gasteiger partial charge in [0.05, 0.1) is 6.04 Å². The molecule has 0 heterocycles. The lowest BCUT2D eigenvalue weighted by molar-refractivity contribution is -0.122. The van der Waals surface area contributed by atoms with Gasteiger partial charge in [-0.25, -0.2) is 0 Å². The highest BCUT2D eigenvalue weighted by atomic mass is 35.5. The normalized spacial score (nSPS) is 11.3. The lowest BCUT2D eigenvalue weighted by Gasteiger charge is -2.13. The smallest absolute Gasteiger partial charge is 0.237 e. The van der Waals surface area contributed by atoms with Crippen molar-refractivity contribution in [2.45, 2.75) is 25.6 Å². The van der Waals surface area contributed by atoms with Gasteiger partial charge < -0.3 is 16.0 Å². The zero-order valence-corrected chi connectivity index (χ0v) is 15.8. The average Bonchev–Trinajstić information content (AvgIpc) is 2.41. The minimum absolute atomic E-state index is 0. The van der Waals surface area contributed by atoms with Crippen molar-refractivity contribution in [1.82, 2.24) is 10.2 Å². The number of hydrogen-bond acceptors (Lipinski definition) is 4. The molecule has 0 saturated carbocycles. The van der Waals surface area contributed by atoms with Gasteiger partial charge in [0, 0.05) is 13.1 Å². The van der Waals surface area contributed by atoms with Gasteiger partial charge in [0.2, 0.25) is 5.91 Å². The van der Waals surface area contributed by atoms with Crippen molar-refractivity contribution in [3.05, 3.63) is 35.4 Å².